The van der Waals surface area contributed by atoms with E-state index in [1.54, 1.807) is 36.0 Å². The monoisotopic (exact) mass is 442 g/mol. The van der Waals surface area contributed by atoms with Gasteiger partial charge in [-0.1, -0.05) is 18.2 Å². The maximum Gasteiger partial charge on any atom is 0.335 e. The number of carboxylic acid groups (broad SMARTS) is 1. The molecule has 0 bridgehead atoms. The van der Waals surface area contributed by atoms with E-state index < -0.39 is 5.97 Å². The number of carboxylic acids is 1. The molecule has 2 unspecified atom stereocenters. The Morgan fingerprint density at radius 1 is 1.12 bits per heavy atom. The lowest BCUT2D eigenvalue weighted by atomic mass is 10.00. The van der Waals surface area contributed by atoms with Crippen LogP contribution in [0.1, 0.15) is 42.6 Å². The number of benzene rings is 1. The number of anilines is 3. The van der Waals surface area contributed by atoms with Crippen LogP contribution in [0.3, 0.4) is 0 Å². The zero-order valence-corrected chi connectivity index (χ0v) is 18.9. The number of carbonyl (C=O) groups is 1. The molecule has 2 N–H and O–H groups in total. The third kappa shape index (κ3) is 3.77. The molecule has 2 atom stereocenters. The quantitative estimate of drug-likeness (QED) is 0.453. The Morgan fingerprint density at radius 3 is 2.64 bits per heavy atom. The van der Waals surface area contributed by atoms with E-state index in [2.05, 4.69) is 34.1 Å². The van der Waals surface area contributed by atoms with Gasteiger partial charge in [-0.2, -0.15) is 5.10 Å². The molecule has 168 valence electrons. The largest absolute Gasteiger partial charge is 0.478 e. The third-order valence-electron chi connectivity index (χ3n) is 6.41. The minimum absolute atomic E-state index is 0.262. The van der Waals surface area contributed by atoms with E-state index in [9.17, 15) is 9.90 Å². The molecule has 4 heterocycles. The fourth-order valence-electron chi connectivity index (χ4n) is 4.71. The smallest absolute Gasteiger partial charge is 0.335 e. The van der Waals surface area contributed by atoms with E-state index in [1.807, 2.05) is 30.3 Å². The maximum atomic E-state index is 11.6. The van der Waals surface area contributed by atoms with Crippen molar-refractivity contribution in [2.24, 2.45) is 0 Å². The van der Waals surface area contributed by atoms with E-state index in [0.29, 0.717) is 29.0 Å². The molecule has 8 heteroatoms. The Labute approximate surface area is 191 Å². The summed E-state index contributed by atoms with van der Waals surface area (Å²) < 4.78 is 1.69. The number of nitrogens with one attached hydrogen (secondary N) is 1. The van der Waals surface area contributed by atoms with Gasteiger partial charge in [0.25, 0.3) is 0 Å². The van der Waals surface area contributed by atoms with Gasteiger partial charge in [0.15, 0.2) is 5.65 Å². The second kappa shape index (κ2) is 8.20. The van der Waals surface area contributed by atoms with Crippen molar-refractivity contribution in [3.05, 3.63) is 66.0 Å². The van der Waals surface area contributed by atoms with Gasteiger partial charge in [0.05, 0.1) is 16.9 Å². The molecular formula is C25H26N6O2. The molecule has 0 spiro atoms. The second-order valence-electron chi connectivity index (χ2n) is 8.61. The lowest BCUT2D eigenvalue weighted by Gasteiger charge is -2.27. The minimum Gasteiger partial charge on any atom is -0.478 e. The van der Waals surface area contributed by atoms with Crippen molar-refractivity contribution < 1.29 is 9.90 Å². The van der Waals surface area contributed by atoms with Gasteiger partial charge in [0.2, 0.25) is 0 Å². The van der Waals surface area contributed by atoms with E-state index in [4.69, 9.17) is 4.98 Å². The number of aromatic carboxylic acids is 1. The topological polar surface area (TPSA) is 95.7 Å². The number of nitrogens with zero attached hydrogens (tertiary/aromatic N) is 5. The van der Waals surface area contributed by atoms with Crippen LogP contribution in [0.2, 0.25) is 0 Å². The van der Waals surface area contributed by atoms with Gasteiger partial charge in [0.1, 0.15) is 11.6 Å². The van der Waals surface area contributed by atoms with Crippen LogP contribution in [0, 0.1) is 6.92 Å². The fraction of sp³-hybridized carbons (Fsp3) is 0.280. The normalized spacial score (nSPS) is 18.1. The Balaban J connectivity index is 1.55. The molecule has 1 aliphatic heterocycles. The van der Waals surface area contributed by atoms with E-state index in [-0.39, 0.29) is 5.56 Å². The first-order chi connectivity index (χ1) is 15.9. The predicted octanol–water partition coefficient (Wildman–Crippen LogP) is 4.92. The summed E-state index contributed by atoms with van der Waals surface area (Å²) in [5.74, 6) is 0.718. The Morgan fingerprint density at radius 2 is 1.88 bits per heavy atom. The molecule has 8 nitrogen and oxygen atoms in total. The van der Waals surface area contributed by atoms with Crippen LogP contribution in [0.15, 0.2) is 54.9 Å². The van der Waals surface area contributed by atoms with Crippen molar-refractivity contribution >= 4 is 28.9 Å². The van der Waals surface area contributed by atoms with E-state index in [1.165, 1.54) is 0 Å². The van der Waals surface area contributed by atoms with Crippen LogP contribution in [0.25, 0.3) is 16.9 Å². The number of imidazole rings is 1. The second-order valence-corrected chi connectivity index (χ2v) is 8.61. The van der Waals surface area contributed by atoms with Crippen LogP contribution in [0.5, 0.6) is 0 Å². The van der Waals surface area contributed by atoms with Crippen molar-refractivity contribution in [2.75, 3.05) is 10.2 Å². The Kier molecular flexibility index (Phi) is 5.20. The summed E-state index contributed by atoms with van der Waals surface area (Å²) >= 11 is 0. The summed E-state index contributed by atoms with van der Waals surface area (Å²) in [6.07, 6.45) is 5.79. The highest BCUT2D eigenvalue weighted by atomic mass is 16.4. The first-order valence-corrected chi connectivity index (χ1v) is 11.1. The van der Waals surface area contributed by atoms with Gasteiger partial charge in [-0.15, -0.1) is 0 Å². The standard InChI is InChI=1S/C25H26N6O2/c1-15-10-11-16(2)31(15)23-9-5-8-22(28-23)27-21-14-20(29-30-13-12-26-24(21)30)18-6-4-7-19(17(18)3)25(32)33/h4-9,12-16H,10-11H2,1-3H3,(H,27,28)(H,32,33). The van der Waals surface area contributed by atoms with Crippen molar-refractivity contribution in [3.8, 4) is 11.3 Å². The zero-order valence-electron chi connectivity index (χ0n) is 18.9. The summed E-state index contributed by atoms with van der Waals surface area (Å²) in [6.45, 7) is 6.28. The summed E-state index contributed by atoms with van der Waals surface area (Å²) in [4.78, 5) is 23.3. The predicted molar refractivity (Wildman–Crippen MR) is 128 cm³/mol. The van der Waals surface area contributed by atoms with Gasteiger partial charge in [0, 0.05) is 30.0 Å². The molecule has 1 saturated heterocycles. The first-order valence-electron chi connectivity index (χ1n) is 11.1. The van der Waals surface area contributed by atoms with E-state index >= 15 is 0 Å². The van der Waals surface area contributed by atoms with Crippen molar-refractivity contribution in [2.45, 2.75) is 45.7 Å². The molecule has 1 aromatic carbocycles. The van der Waals surface area contributed by atoms with Gasteiger partial charge < -0.3 is 15.3 Å². The summed E-state index contributed by atoms with van der Waals surface area (Å²) in [7, 11) is 0. The minimum atomic E-state index is -0.956. The maximum absolute atomic E-state index is 11.6. The van der Waals surface area contributed by atoms with Gasteiger partial charge in [-0.3, -0.25) is 0 Å². The summed E-state index contributed by atoms with van der Waals surface area (Å²) in [6, 6.07) is 14.0. The number of fused-ring (bicyclic) bond motifs is 1. The average molecular weight is 443 g/mol. The molecule has 33 heavy (non-hydrogen) atoms. The summed E-state index contributed by atoms with van der Waals surface area (Å²) in [5, 5.41) is 17.6. The molecule has 5 rings (SSSR count). The highest BCUT2D eigenvalue weighted by Gasteiger charge is 2.28. The average Bonchev–Trinajstić information content (AvgIpc) is 3.40. The highest BCUT2D eigenvalue weighted by molar-refractivity contribution is 5.92. The summed E-state index contributed by atoms with van der Waals surface area (Å²) in [5.41, 5.74) is 3.76. The van der Waals surface area contributed by atoms with Crippen LogP contribution in [-0.2, 0) is 0 Å². The lowest BCUT2D eigenvalue weighted by Crippen LogP contribution is -2.33. The Hall–Kier alpha value is -3.94. The number of hydrogen-bond donors (Lipinski definition) is 2. The fourth-order valence-corrected chi connectivity index (χ4v) is 4.71. The highest BCUT2D eigenvalue weighted by Crippen LogP contribution is 2.32. The lowest BCUT2D eigenvalue weighted by molar-refractivity contribution is 0.0696. The van der Waals surface area contributed by atoms with Crippen molar-refractivity contribution in [1.82, 2.24) is 19.6 Å². The van der Waals surface area contributed by atoms with Crippen molar-refractivity contribution in [1.29, 1.82) is 0 Å². The molecule has 1 aliphatic rings. The van der Waals surface area contributed by atoms with Crippen LogP contribution in [0.4, 0.5) is 17.3 Å². The molecule has 1 fully saturated rings. The van der Waals surface area contributed by atoms with Crippen LogP contribution < -0.4 is 10.2 Å². The van der Waals surface area contributed by atoms with Gasteiger partial charge >= 0.3 is 5.97 Å². The first kappa shape index (κ1) is 20.9. The molecule has 4 aromatic rings. The molecule has 0 saturated carbocycles. The molecule has 0 amide bonds. The molecular weight excluding hydrogens is 416 g/mol. The SMILES string of the molecule is Cc1c(C(=O)O)cccc1-c1cc(Nc2cccc(N3C(C)CCC3C)n2)c2nccn2n1. The van der Waals surface area contributed by atoms with Gasteiger partial charge in [-0.25, -0.2) is 19.3 Å². The van der Waals surface area contributed by atoms with Crippen LogP contribution >= 0.6 is 0 Å². The van der Waals surface area contributed by atoms with Crippen LogP contribution in [-0.4, -0.2) is 42.7 Å². The molecule has 0 aliphatic carbocycles. The van der Waals surface area contributed by atoms with E-state index in [0.717, 1.165) is 35.7 Å². The number of rotatable bonds is 5. The number of hydrogen-bond acceptors (Lipinski definition) is 6. The Bertz CT molecular complexity index is 1340. The number of pyridine rings is 1. The number of aromatic nitrogens is 4. The molecule has 0 radical (unpaired) electrons. The third-order valence-corrected chi connectivity index (χ3v) is 6.41. The van der Waals surface area contributed by atoms with Crippen molar-refractivity contribution in [3.63, 3.8) is 0 Å². The zero-order chi connectivity index (χ0) is 23.1. The van der Waals surface area contributed by atoms with Gasteiger partial charge in [-0.05, 0) is 63.4 Å². The molecule has 3 aromatic heterocycles.